The van der Waals surface area contributed by atoms with E-state index >= 15 is 0 Å². The van der Waals surface area contributed by atoms with Gasteiger partial charge in [-0.05, 0) is 30.3 Å². The summed E-state index contributed by atoms with van der Waals surface area (Å²) in [5, 5.41) is 0. The summed E-state index contributed by atoms with van der Waals surface area (Å²) in [6, 6.07) is 14.8. The van der Waals surface area contributed by atoms with Crippen molar-refractivity contribution in [3.8, 4) is 5.75 Å². The van der Waals surface area contributed by atoms with Crippen molar-refractivity contribution < 1.29 is 22.7 Å². The molecule has 4 aromatic rings. The first-order valence-electron chi connectivity index (χ1n) is 10.7. The van der Waals surface area contributed by atoms with Crippen LogP contribution in [-0.4, -0.2) is 48.7 Å². The summed E-state index contributed by atoms with van der Waals surface area (Å²) >= 11 is 0. The number of piperazine rings is 1. The minimum absolute atomic E-state index is 0.0992. The lowest BCUT2D eigenvalue weighted by atomic mass is 10.2. The van der Waals surface area contributed by atoms with Crippen LogP contribution in [0, 0.1) is 11.6 Å². The second-order valence-corrected chi connectivity index (χ2v) is 8.00. The molecule has 2 aromatic heterocycles. The Kier molecular flexibility index (Phi) is 5.50. The average molecular weight is 451 g/mol. The maximum absolute atomic E-state index is 14.3. The Hall–Kier alpha value is -3.81. The largest absolute Gasteiger partial charge is 0.497 e. The Morgan fingerprint density at radius 2 is 1.76 bits per heavy atom. The van der Waals surface area contributed by atoms with Crippen LogP contribution in [0.4, 0.5) is 14.5 Å². The van der Waals surface area contributed by atoms with Crippen LogP contribution in [0.15, 0.2) is 65.3 Å². The molecular formula is C25H23F2N3O3. The number of carbonyl (C=O) groups excluding carboxylic acids is 1. The van der Waals surface area contributed by atoms with Crippen molar-refractivity contribution in [1.82, 2.24) is 9.47 Å². The third kappa shape index (κ3) is 4.04. The Morgan fingerprint density at radius 1 is 1.00 bits per heavy atom. The second kappa shape index (κ2) is 8.61. The molecule has 0 radical (unpaired) electrons. The van der Waals surface area contributed by atoms with Crippen LogP contribution in [0.1, 0.15) is 16.1 Å². The number of ether oxygens (including phenoxy) is 1. The van der Waals surface area contributed by atoms with E-state index in [9.17, 15) is 13.6 Å². The Balaban J connectivity index is 1.35. The van der Waals surface area contributed by atoms with Crippen LogP contribution in [0.2, 0.25) is 0 Å². The first kappa shape index (κ1) is 21.1. The molecular weight excluding hydrogens is 428 g/mol. The molecule has 0 aliphatic carbocycles. The summed E-state index contributed by atoms with van der Waals surface area (Å²) in [6.45, 7) is 2.61. The molecule has 1 fully saturated rings. The van der Waals surface area contributed by atoms with Crippen molar-refractivity contribution in [1.29, 1.82) is 0 Å². The van der Waals surface area contributed by atoms with Crippen molar-refractivity contribution in [2.75, 3.05) is 38.2 Å². The van der Waals surface area contributed by atoms with Gasteiger partial charge in [0.05, 0.1) is 25.4 Å². The van der Waals surface area contributed by atoms with Crippen molar-refractivity contribution in [3.05, 3.63) is 83.8 Å². The van der Waals surface area contributed by atoms with Gasteiger partial charge < -0.3 is 23.5 Å². The Morgan fingerprint density at radius 3 is 2.45 bits per heavy atom. The number of hydrogen-bond acceptors (Lipinski definition) is 4. The minimum atomic E-state index is -0.646. The van der Waals surface area contributed by atoms with E-state index in [4.69, 9.17) is 9.15 Å². The zero-order chi connectivity index (χ0) is 22.9. The van der Waals surface area contributed by atoms with Gasteiger partial charge in [0.1, 0.15) is 23.1 Å². The first-order chi connectivity index (χ1) is 16.0. The molecule has 6 nitrogen and oxygen atoms in total. The number of furan rings is 1. The first-order valence-corrected chi connectivity index (χ1v) is 10.7. The molecule has 0 unspecified atom stereocenters. The smallest absolute Gasteiger partial charge is 0.270 e. The van der Waals surface area contributed by atoms with Crippen LogP contribution < -0.4 is 9.64 Å². The van der Waals surface area contributed by atoms with Crippen LogP contribution in [0.25, 0.3) is 11.1 Å². The minimum Gasteiger partial charge on any atom is -0.497 e. The molecule has 0 N–H and O–H groups in total. The molecule has 1 saturated heterocycles. The number of fused-ring (bicyclic) bond motifs is 1. The number of hydrogen-bond donors (Lipinski definition) is 0. The summed E-state index contributed by atoms with van der Waals surface area (Å²) < 4.78 is 40.1. The molecule has 5 rings (SSSR count). The predicted octanol–water partition coefficient (Wildman–Crippen LogP) is 4.53. The van der Waals surface area contributed by atoms with E-state index in [0.717, 1.165) is 17.5 Å². The van der Waals surface area contributed by atoms with Crippen molar-refractivity contribution in [2.45, 2.75) is 6.54 Å². The standard InChI is InChI=1S/C25H23F2N3O3/c1-32-20-6-4-19(5-7-20)28-9-11-29(12-10-28)25(31)23-15-24-22(8-13-33-24)30(23)16-17-2-3-18(26)14-21(17)27/h2-8,13-15H,9-12,16H2,1H3. The van der Waals surface area contributed by atoms with Gasteiger partial charge in [0, 0.05) is 55.6 Å². The van der Waals surface area contributed by atoms with Crippen molar-refractivity contribution >= 4 is 22.7 Å². The maximum Gasteiger partial charge on any atom is 0.270 e. The number of methoxy groups -OCH3 is 1. The highest BCUT2D eigenvalue weighted by Crippen LogP contribution is 2.26. The highest BCUT2D eigenvalue weighted by Gasteiger charge is 2.26. The van der Waals surface area contributed by atoms with Crippen LogP contribution in [0.3, 0.4) is 0 Å². The van der Waals surface area contributed by atoms with E-state index in [1.54, 1.807) is 28.7 Å². The second-order valence-electron chi connectivity index (χ2n) is 8.00. The van der Waals surface area contributed by atoms with E-state index in [-0.39, 0.29) is 12.5 Å². The molecule has 2 aromatic carbocycles. The SMILES string of the molecule is COc1ccc(N2CCN(C(=O)c3cc4occc4n3Cc3ccc(F)cc3F)CC2)cc1. The van der Waals surface area contributed by atoms with Gasteiger partial charge in [-0.2, -0.15) is 0 Å². The lowest BCUT2D eigenvalue weighted by Gasteiger charge is -2.36. The topological polar surface area (TPSA) is 50.9 Å². The molecule has 1 amide bonds. The molecule has 1 aliphatic heterocycles. The summed E-state index contributed by atoms with van der Waals surface area (Å²) in [7, 11) is 1.64. The summed E-state index contributed by atoms with van der Waals surface area (Å²) in [4.78, 5) is 17.4. The van der Waals surface area contributed by atoms with Crippen LogP contribution in [0.5, 0.6) is 5.75 Å². The van der Waals surface area contributed by atoms with Gasteiger partial charge in [-0.15, -0.1) is 0 Å². The maximum atomic E-state index is 14.3. The lowest BCUT2D eigenvalue weighted by molar-refractivity contribution is 0.0736. The molecule has 0 bridgehead atoms. The quantitative estimate of drug-likeness (QED) is 0.447. The fourth-order valence-corrected chi connectivity index (χ4v) is 4.27. The Labute approximate surface area is 189 Å². The number of nitrogens with zero attached hydrogens (tertiary/aromatic N) is 3. The fraction of sp³-hybridized carbons (Fsp3) is 0.240. The number of rotatable bonds is 5. The highest BCUT2D eigenvalue weighted by atomic mass is 19.1. The highest BCUT2D eigenvalue weighted by molar-refractivity contribution is 5.97. The van der Waals surface area contributed by atoms with Crippen molar-refractivity contribution in [2.24, 2.45) is 0 Å². The molecule has 3 heterocycles. The number of aromatic nitrogens is 1. The van der Waals surface area contributed by atoms with Crippen molar-refractivity contribution in [3.63, 3.8) is 0 Å². The summed E-state index contributed by atoms with van der Waals surface area (Å²) in [6.07, 6.45) is 1.53. The third-order valence-electron chi connectivity index (χ3n) is 6.09. The van der Waals surface area contributed by atoms with Gasteiger partial charge in [-0.3, -0.25) is 4.79 Å². The molecule has 1 aliphatic rings. The number of halogens is 2. The van der Waals surface area contributed by atoms with Gasteiger partial charge in [0.2, 0.25) is 0 Å². The predicted molar refractivity (Wildman–Crippen MR) is 121 cm³/mol. The number of carbonyl (C=O) groups is 1. The normalized spacial score (nSPS) is 14.2. The van der Waals surface area contributed by atoms with Gasteiger partial charge >= 0.3 is 0 Å². The van der Waals surface area contributed by atoms with E-state index < -0.39 is 11.6 Å². The average Bonchev–Trinajstić information content (AvgIpc) is 3.43. The van der Waals surface area contributed by atoms with Gasteiger partial charge in [-0.1, -0.05) is 6.07 Å². The summed E-state index contributed by atoms with van der Waals surface area (Å²) in [5.41, 5.74) is 3.05. The van der Waals surface area contributed by atoms with E-state index in [1.807, 2.05) is 24.3 Å². The molecule has 0 saturated carbocycles. The zero-order valence-electron chi connectivity index (χ0n) is 18.1. The number of amides is 1. The molecule has 33 heavy (non-hydrogen) atoms. The van der Waals surface area contributed by atoms with Gasteiger partial charge in [0.25, 0.3) is 5.91 Å². The number of benzene rings is 2. The monoisotopic (exact) mass is 451 g/mol. The number of anilines is 1. The fourth-order valence-electron chi connectivity index (χ4n) is 4.27. The zero-order valence-corrected chi connectivity index (χ0v) is 18.1. The molecule has 8 heteroatoms. The van der Waals surface area contributed by atoms with Crippen LogP contribution in [-0.2, 0) is 6.54 Å². The Bertz CT molecular complexity index is 1290. The lowest BCUT2D eigenvalue weighted by Crippen LogP contribution is -2.49. The summed E-state index contributed by atoms with van der Waals surface area (Å²) in [5.74, 6) is -0.622. The van der Waals surface area contributed by atoms with Gasteiger partial charge in [0.15, 0.2) is 5.58 Å². The molecule has 0 spiro atoms. The molecule has 170 valence electrons. The van der Waals surface area contributed by atoms with E-state index in [2.05, 4.69) is 4.90 Å². The van der Waals surface area contributed by atoms with E-state index in [1.165, 1.54) is 18.4 Å². The molecule has 0 atom stereocenters. The third-order valence-corrected chi connectivity index (χ3v) is 6.09. The van der Waals surface area contributed by atoms with E-state index in [0.29, 0.717) is 48.5 Å². The van der Waals surface area contributed by atoms with Crippen LogP contribution >= 0.6 is 0 Å². The van der Waals surface area contributed by atoms with Gasteiger partial charge in [-0.25, -0.2) is 8.78 Å².